The molecular weight excluding hydrogens is 249 g/mol. The zero-order valence-electron chi connectivity index (χ0n) is 10.3. The van der Waals surface area contributed by atoms with Crippen molar-refractivity contribution >= 4 is 5.97 Å². The fourth-order valence-corrected chi connectivity index (χ4v) is 1.63. The maximum Gasteiger partial charge on any atom is 0.335 e. The molecule has 0 aliphatic carbocycles. The molecule has 2 rings (SSSR count). The molecule has 0 atom stereocenters. The Bertz CT molecular complexity index is 613. The maximum absolute atomic E-state index is 13.2. The highest BCUT2D eigenvalue weighted by molar-refractivity contribution is 5.88. The summed E-state index contributed by atoms with van der Waals surface area (Å²) in [6.07, 6.45) is 3.36. The molecule has 0 aliphatic rings. The number of rotatable bonds is 4. The second-order valence-corrected chi connectivity index (χ2v) is 4.14. The van der Waals surface area contributed by atoms with Gasteiger partial charge in [-0.15, -0.1) is 0 Å². The monoisotopic (exact) mass is 261 g/mol. The highest BCUT2D eigenvalue weighted by Crippen LogP contribution is 2.18. The van der Waals surface area contributed by atoms with Crippen LogP contribution in [0.25, 0.3) is 0 Å². The van der Waals surface area contributed by atoms with Gasteiger partial charge >= 0.3 is 5.97 Å². The Hall–Kier alpha value is -2.43. The summed E-state index contributed by atoms with van der Waals surface area (Å²) in [4.78, 5) is 14.8. The number of halogens is 1. The summed E-state index contributed by atoms with van der Waals surface area (Å²) in [7, 11) is 0. The number of hydrogen-bond donors (Lipinski definition) is 1. The second-order valence-electron chi connectivity index (χ2n) is 4.14. The Morgan fingerprint density at radius 3 is 2.79 bits per heavy atom. The van der Waals surface area contributed by atoms with Gasteiger partial charge in [0.25, 0.3) is 0 Å². The van der Waals surface area contributed by atoms with Crippen molar-refractivity contribution in [3.63, 3.8) is 0 Å². The smallest absolute Gasteiger partial charge is 0.335 e. The average molecular weight is 261 g/mol. The second kappa shape index (κ2) is 5.48. The Balaban J connectivity index is 2.13. The minimum Gasteiger partial charge on any atom is -0.489 e. The number of carboxylic acid groups (broad SMARTS) is 1. The third-order valence-corrected chi connectivity index (χ3v) is 2.46. The Morgan fingerprint density at radius 1 is 1.32 bits per heavy atom. The van der Waals surface area contributed by atoms with Gasteiger partial charge in [0.15, 0.2) is 0 Å². The van der Waals surface area contributed by atoms with E-state index in [2.05, 4.69) is 4.98 Å². The number of carbonyl (C=O) groups is 1. The highest BCUT2D eigenvalue weighted by Gasteiger charge is 2.08. The first-order chi connectivity index (χ1) is 9.04. The Labute approximate surface area is 109 Å². The van der Waals surface area contributed by atoms with Crippen LogP contribution in [0.1, 0.15) is 21.5 Å². The molecule has 5 heteroatoms. The van der Waals surface area contributed by atoms with Gasteiger partial charge in [0, 0.05) is 24.0 Å². The molecule has 0 spiro atoms. The molecule has 4 nitrogen and oxygen atoms in total. The number of carboxylic acids is 1. The van der Waals surface area contributed by atoms with Gasteiger partial charge in [0.1, 0.15) is 18.2 Å². The number of pyridine rings is 1. The number of hydrogen-bond acceptors (Lipinski definition) is 3. The van der Waals surface area contributed by atoms with Crippen LogP contribution < -0.4 is 4.74 Å². The van der Waals surface area contributed by atoms with E-state index in [1.54, 1.807) is 12.4 Å². The zero-order chi connectivity index (χ0) is 13.8. The number of ether oxygens (including phenoxy) is 1. The molecule has 1 N–H and O–H groups in total. The van der Waals surface area contributed by atoms with Gasteiger partial charge in [0.2, 0.25) is 0 Å². The van der Waals surface area contributed by atoms with E-state index in [0.29, 0.717) is 0 Å². The molecule has 19 heavy (non-hydrogen) atoms. The van der Waals surface area contributed by atoms with Crippen LogP contribution in [0.15, 0.2) is 36.7 Å². The predicted octanol–water partition coefficient (Wildman–Crippen LogP) is 2.81. The minimum atomic E-state index is -1.19. The van der Waals surface area contributed by atoms with Crippen molar-refractivity contribution in [2.24, 2.45) is 0 Å². The number of benzene rings is 1. The van der Waals surface area contributed by atoms with E-state index in [4.69, 9.17) is 9.84 Å². The lowest BCUT2D eigenvalue weighted by Crippen LogP contribution is -2.01. The summed E-state index contributed by atoms with van der Waals surface area (Å²) < 4.78 is 18.6. The topological polar surface area (TPSA) is 59.4 Å². The van der Waals surface area contributed by atoms with Crippen LogP contribution in [-0.2, 0) is 6.61 Å². The van der Waals surface area contributed by atoms with Crippen LogP contribution >= 0.6 is 0 Å². The summed E-state index contributed by atoms with van der Waals surface area (Å²) in [5.74, 6) is -1.65. The molecule has 0 bridgehead atoms. The lowest BCUT2D eigenvalue weighted by atomic mass is 10.2. The molecule has 98 valence electrons. The third-order valence-electron chi connectivity index (χ3n) is 2.46. The maximum atomic E-state index is 13.2. The molecule has 0 saturated carbocycles. The number of aryl methyl sites for hydroxylation is 1. The van der Waals surface area contributed by atoms with Gasteiger partial charge in [-0.25, -0.2) is 9.18 Å². The molecule has 0 aliphatic heterocycles. The van der Waals surface area contributed by atoms with Crippen molar-refractivity contribution in [3.05, 3.63) is 59.2 Å². The summed E-state index contributed by atoms with van der Waals surface area (Å²) in [5, 5.41) is 8.82. The molecule has 0 saturated heterocycles. The Kier molecular flexibility index (Phi) is 3.75. The van der Waals surface area contributed by atoms with Crippen LogP contribution in [0.4, 0.5) is 4.39 Å². The van der Waals surface area contributed by atoms with Gasteiger partial charge in [0.05, 0.1) is 5.56 Å². The highest BCUT2D eigenvalue weighted by atomic mass is 19.1. The first kappa shape index (κ1) is 13.0. The molecule has 0 radical (unpaired) electrons. The lowest BCUT2D eigenvalue weighted by Gasteiger charge is -2.07. The molecule has 1 aromatic heterocycles. The van der Waals surface area contributed by atoms with Crippen LogP contribution in [0, 0.1) is 12.7 Å². The fourth-order valence-electron chi connectivity index (χ4n) is 1.63. The zero-order valence-corrected chi connectivity index (χ0v) is 10.3. The van der Waals surface area contributed by atoms with Crippen LogP contribution in [0.3, 0.4) is 0 Å². The van der Waals surface area contributed by atoms with Crippen molar-refractivity contribution in [1.82, 2.24) is 4.98 Å². The van der Waals surface area contributed by atoms with Crippen molar-refractivity contribution < 1.29 is 19.0 Å². The molecule has 1 aromatic carbocycles. The van der Waals surface area contributed by atoms with Crippen molar-refractivity contribution in [1.29, 1.82) is 0 Å². The first-order valence-electron chi connectivity index (χ1n) is 5.62. The lowest BCUT2D eigenvalue weighted by molar-refractivity contribution is 0.0695. The first-order valence-corrected chi connectivity index (χ1v) is 5.62. The number of nitrogens with zero attached hydrogens (tertiary/aromatic N) is 1. The standard InChI is InChI=1S/C14H12FNO3/c1-9-2-10(7-16-6-9)8-19-13-4-11(14(17)18)3-12(15)5-13/h2-7H,8H2,1H3,(H,17,18). The van der Waals surface area contributed by atoms with E-state index >= 15 is 0 Å². The Morgan fingerprint density at radius 2 is 2.11 bits per heavy atom. The molecule has 2 aromatic rings. The van der Waals surface area contributed by atoms with Crippen molar-refractivity contribution in [2.75, 3.05) is 0 Å². The van der Waals surface area contributed by atoms with Gasteiger partial charge in [-0.3, -0.25) is 4.98 Å². The summed E-state index contributed by atoms with van der Waals surface area (Å²) in [6, 6.07) is 5.28. The van der Waals surface area contributed by atoms with Gasteiger partial charge in [-0.05, 0) is 30.7 Å². The molecule has 0 fully saturated rings. The van der Waals surface area contributed by atoms with E-state index in [0.717, 1.165) is 23.3 Å². The quantitative estimate of drug-likeness (QED) is 0.919. The van der Waals surface area contributed by atoms with E-state index in [-0.39, 0.29) is 17.9 Å². The number of aromatic nitrogens is 1. The minimum absolute atomic E-state index is 0.141. The molecule has 1 heterocycles. The molecule has 0 unspecified atom stereocenters. The van der Waals surface area contributed by atoms with Crippen LogP contribution in [0.5, 0.6) is 5.75 Å². The largest absolute Gasteiger partial charge is 0.489 e. The predicted molar refractivity (Wildman–Crippen MR) is 66.7 cm³/mol. The van der Waals surface area contributed by atoms with E-state index < -0.39 is 11.8 Å². The van der Waals surface area contributed by atoms with Gasteiger partial charge in [-0.2, -0.15) is 0 Å². The third kappa shape index (κ3) is 3.51. The molecule has 0 amide bonds. The summed E-state index contributed by atoms with van der Waals surface area (Å²) in [6.45, 7) is 2.11. The SMILES string of the molecule is Cc1cncc(COc2cc(F)cc(C(=O)O)c2)c1. The normalized spacial score (nSPS) is 10.2. The summed E-state index contributed by atoms with van der Waals surface area (Å²) in [5.41, 5.74) is 1.69. The molecular formula is C14H12FNO3. The van der Waals surface area contributed by atoms with Crippen LogP contribution in [0.2, 0.25) is 0 Å². The summed E-state index contributed by atoms with van der Waals surface area (Å²) >= 11 is 0. The van der Waals surface area contributed by atoms with E-state index in [9.17, 15) is 9.18 Å². The van der Waals surface area contributed by atoms with E-state index in [1.807, 2.05) is 13.0 Å². The van der Waals surface area contributed by atoms with Crippen molar-refractivity contribution in [2.45, 2.75) is 13.5 Å². The van der Waals surface area contributed by atoms with E-state index in [1.165, 1.54) is 6.07 Å². The van der Waals surface area contributed by atoms with Gasteiger partial charge < -0.3 is 9.84 Å². The van der Waals surface area contributed by atoms with Crippen molar-refractivity contribution in [3.8, 4) is 5.75 Å². The fraction of sp³-hybridized carbons (Fsp3) is 0.143. The average Bonchev–Trinajstić information content (AvgIpc) is 2.36. The van der Waals surface area contributed by atoms with Gasteiger partial charge in [-0.1, -0.05) is 0 Å². The number of aromatic carboxylic acids is 1. The van der Waals surface area contributed by atoms with Crippen LogP contribution in [-0.4, -0.2) is 16.1 Å².